The first-order valence-corrected chi connectivity index (χ1v) is 7.96. The highest BCUT2D eigenvalue weighted by atomic mass is 16.6. The van der Waals surface area contributed by atoms with E-state index in [1.165, 1.54) is 19.4 Å². The second-order valence-electron chi connectivity index (χ2n) is 5.32. The van der Waals surface area contributed by atoms with Crippen molar-refractivity contribution in [2.75, 3.05) is 17.9 Å². The van der Waals surface area contributed by atoms with Crippen LogP contribution in [0.2, 0.25) is 0 Å². The average Bonchev–Trinajstić information content (AvgIpc) is 2.73. The van der Waals surface area contributed by atoms with Gasteiger partial charge in [0.05, 0.1) is 12.0 Å². The van der Waals surface area contributed by atoms with E-state index < -0.39 is 16.5 Å². The summed E-state index contributed by atoms with van der Waals surface area (Å²) >= 11 is 0. The van der Waals surface area contributed by atoms with Gasteiger partial charge in [-0.1, -0.05) is 6.07 Å². The first kappa shape index (κ1) is 18.5. The summed E-state index contributed by atoms with van der Waals surface area (Å²) in [5.74, 6) is -0.152. The Morgan fingerprint density at radius 3 is 2.46 bits per heavy atom. The Labute approximate surface area is 158 Å². The van der Waals surface area contributed by atoms with Gasteiger partial charge in [0, 0.05) is 11.9 Å². The number of nitrogens with zero attached hydrogens (tertiary/aromatic N) is 4. The quantitative estimate of drug-likeness (QED) is 0.414. The van der Waals surface area contributed by atoms with E-state index in [9.17, 15) is 14.9 Å². The number of rotatable bonds is 7. The molecule has 0 aliphatic rings. The van der Waals surface area contributed by atoms with Crippen LogP contribution < -0.4 is 20.9 Å². The van der Waals surface area contributed by atoms with Crippen molar-refractivity contribution in [2.45, 2.75) is 0 Å². The summed E-state index contributed by atoms with van der Waals surface area (Å²) in [6.45, 7) is 0. The van der Waals surface area contributed by atoms with Crippen molar-refractivity contribution < 1.29 is 14.5 Å². The van der Waals surface area contributed by atoms with E-state index in [2.05, 4.69) is 31.1 Å². The Hall–Kier alpha value is -4.28. The van der Waals surface area contributed by atoms with E-state index in [4.69, 9.17) is 4.74 Å². The van der Waals surface area contributed by atoms with E-state index in [-0.39, 0.29) is 17.3 Å². The number of hydrogen-bond acceptors (Lipinski definition) is 9. The maximum Gasteiger partial charge on any atom is 0.355 e. The lowest BCUT2D eigenvalue weighted by atomic mass is 10.3. The maximum atomic E-state index is 12.1. The predicted molar refractivity (Wildman–Crippen MR) is 100 cm³/mol. The molecule has 0 aliphatic carbocycles. The number of pyridine rings is 1. The molecule has 2 heterocycles. The molecule has 3 N–H and O–H groups in total. The lowest BCUT2D eigenvalue weighted by Gasteiger charge is -2.11. The molecule has 0 bridgehead atoms. The molecule has 0 saturated carbocycles. The summed E-state index contributed by atoms with van der Waals surface area (Å²) in [6.07, 6.45) is 2.59. The number of methoxy groups -OCH3 is 1. The van der Waals surface area contributed by atoms with E-state index in [0.29, 0.717) is 11.4 Å². The number of nitrogens with one attached hydrogen (secondary N) is 3. The van der Waals surface area contributed by atoms with Gasteiger partial charge in [-0.25, -0.2) is 9.97 Å². The van der Waals surface area contributed by atoms with Gasteiger partial charge in [-0.3, -0.25) is 30.7 Å². The van der Waals surface area contributed by atoms with Crippen molar-refractivity contribution in [1.82, 2.24) is 20.4 Å². The normalized spacial score (nSPS) is 10.0. The molecule has 2 aromatic heterocycles. The first-order chi connectivity index (χ1) is 13.6. The molecule has 0 unspecified atom stereocenters. The fourth-order valence-electron chi connectivity index (χ4n) is 2.22. The van der Waals surface area contributed by atoms with Gasteiger partial charge >= 0.3 is 5.69 Å². The van der Waals surface area contributed by atoms with E-state index in [1.807, 2.05) is 0 Å². The third-order valence-electron chi connectivity index (χ3n) is 3.55. The van der Waals surface area contributed by atoms with Crippen LogP contribution in [0.25, 0.3) is 0 Å². The molecule has 11 nitrogen and oxygen atoms in total. The maximum absolute atomic E-state index is 12.1. The minimum Gasteiger partial charge on any atom is -0.497 e. The number of carbonyl (C=O) groups is 1. The number of amides is 1. The number of benzene rings is 1. The Balaban J connectivity index is 1.80. The number of anilines is 3. The standard InChI is InChI=1S/C17H15N7O4/c1-28-12-7-5-11(6-8-12)21-15-14(24(26)27)16(20-10-19-15)22-23-17(25)13-4-2-3-9-18-13/h2-10H,1H3,(H,23,25)(H2,19,20,21,22). The molecule has 0 radical (unpaired) electrons. The monoisotopic (exact) mass is 381 g/mol. The van der Waals surface area contributed by atoms with Crippen LogP contribution in [0.1, 0.15) is 10.5 Å². The summed E-state index contributed by atoms with van der Waals surface area (Å²) in [7, 11) is 1.54. The molecule has 1 amide bonds. The van der Waals surface area contributed by atoms with Crippen molar-refractivity contribution in [3.63, 3.8) is 0 Å². The van der Waals surface area contributed by atoms with Gasteiger partial charge in [0.15, 0.2) is 0 Å². The molecule has 11 heteroatoms. The van der Waals surface area contributed by atoms with Crippen molar-refractivity contribution in [1.29, 1.82) is 0 Å². The zero-order valence-corrected chi connectivity index (χ0v) is 14.6. The topological polar surface area (TPSA) is 144 Å². The van der Waals surface area contributed by atoms with E-state index in [1.54, 1.807) is 36.4 Å². The second-order valence-corrected chi connectivity index (χ2v) is 5.32. The second kappa shape index (κ2) is 8.40. The van der Waals surface area contributed by atoms with Crippen molar-refractivity contribution in [2.24, 2.45) is 0 Å². The minimum atomic E-state index is -0.652. The lowest BCUT2D eigenvalue weighted by Crippen LogP contribution is -2.31. The summed E-state index contributed by atoms with van der Waals surface area (Å²) < 4.78 is 5.07. The zero-order valence-electron chi connectivity index (χ0n) is 14.6. The molecule has 0 spiro atoms. The summed E-state index contributed by atoms with van der Waals surface area (Å²) in [4.78, 5) is 34.6. The van der Waals surface area contributed by atoms with Crippen molar-refractivity contribution in [3.05, 3.63) is 70.8 Å². The van der Waals surface area contributed by atoms with Crippen LogP contribution in [0, 0.1) is 10.1 Å². The van der Waals surface area contributed by atoms with Gasteiger partial charge < -0.3 is 10.1 Å². The molecule has 0 saturated heterocycles. The third kappa shape index (κ3) is 4.27. The van der Waals surface area contributed by atoms with Gasteiger partial charge in [0.2, 0.25) is 11.6 Å². The van der Waals surface area contributed by atoms with Crippen molar-refractivity contribution >= 4 is 28.9 Å². The molecule has 142 valence electrons. The molecule has 3 aromatic rings. The van der Waals surface area contributed by atoms with Crippen LogP contribution in [-0.4, -0.2) is 32.9 Å². The first-order valence-electron chi connectivity index (χ1n) is 7.96. The molecule has 0 fully saturated rings. The highest BCUT2D eigenvalue weighted by molar-refractivity contribution is 5.93. The SMILES string of the molecule is COc1ccc(Nc2ncnc(NNC(=O)c3ccccn3)c2[N+](=O)[O-])cc1. The number of hydrazine groups is 1. The number of hydrogen-bond donors (Lipinski definition) is 3. The smallest absolute Gasteiger partial charge is 0.355 e. The van der Waals surface area contributed by atoms with Crippen LogP contribution in [0.15, 0.2) is 55.0 Å². The molecular weight excluding hydrogens is 366 g/mol. The molecule has 0 atom stereocenters. The van der Waals surface area contributed by atoms with Crippen LogP contribution in [0.3, 0.4) is 0 Å². The van der Waals surface area contributed by atoms with Gasteiger partial charge in [-0.15, -0.1) is 0 Å². The van der Waals surface area contributed by atoms with E-state index in [0.717, 1.165) is 6.33 Å². The molecule has 0 aliphatic heterocycles. The van der Waals surface area contributed by atoms with E-state index >= 15 is 0 Å². The van der Waals surface area contributed by atoms with Crippen LogP contribution >= 0.6 is 0 Å². The van der Waals surface area contributed by atoms with Gasteiger partial charge in [0.25, 0.3) is 5.91 Å². The largest absolute Gasteiger partial charge is 0.497 e. The van der Waals surface area contributed by atoms with Gasteiger partial charge in [-0.05, 0) is 36.4 Å². The highest BCUT2D eigenvalue weighted by Gasteiger charge is 2.23. The van der Waals surface area contributed by atoms with Crippen molar-refractivity contribution in [3.8, 4) is 5.75 Å². The lowest BCUT2D eigenvalue weighted by molar-refractivity contribution is -0.383. The average molecular weight is 381 g/mol. The van der Waals surface area contributed by atoms with Gasteiger partial charge in [-0.2, -0.15) is 0 Å². The third-order valence-corrected chi connectivity index (χ3v) is 3.55. The zero-order chi connectivity index (χ0) is 19.9. The molecular formula is C17H15N7O4. The fraction of sp³-hybridized carbons (Fsp3) is 0.0588. The fourth-order valence-corrected chi connectivity index (χ4v) is 2.22. The Bertz CT molecular complexity index is 981. The van der Waals surface area contributed by atoms with Crippen LogP contribution in [0.5, 0.6) is 5.75 Å². The molecule has 1 aromatic carbocycles. The highest BCUT2D eigenvalue weighted by Crippen LogP contribution is 2.31. The van der Waals surface area contributed by atoms with Crippen LogP contribution in [-0.2, 0) is 0 Å². The Morgan fingerprint density at radius 1 is 1.07 bits per heavy atom. The minimum absolute atomic E-state index is 0.0419. The number of ether oxygens (including phenoxy) is 1. The number of nitro groups is 1. The summed E-state index contributed by atoms with van der Waals surface area (Å²) in [5, 5.41) is 14.4. The predicted octanol–water partition coefficient (Wildman–Crippen LogP) is 2.29. The molecule has 28 heavy (non-hydrogen) atoms. The van der Waals surface area contributed by atoms with Gasteiger partial charge in [0.1, 0.15) is 17.8 Å². The van der Waals surface area contributed by atoms with Crippen LogP contribution in [0.4, 0.5) is 23.0 Å². The molecule has 3 rings (SSSR count). The Morgan fingerprint density at radius 2 is 1.82 bits per heavy atom. The number of carbonyl (C=O) groups excluding carboxylic acids is 1. The summed E-state index contributed by atoms with van der Waals surface area (Å²) in [6, 6.07) is 11.6. The Kier molecular flexibility index (Phi) is 5.55. The number of aromatic nitrogens is 3. The summed E-state index contributed by atoms with van der Waals surface area (Å²) in [5.41, 5.74) is 5.04.